The van der Waals surface area contributed by atoms with Crippen molar-refractivity contribution in [3.8, 4) is 0 Å². The first kappa shape index (κ1) is 17.2. The zero-order chi connectivity index (χ0) is 17.2. The Morgan fingerprint density at radius 1 is 1.43 bits per heavy atom. The summed E-state index contributed by atoms with van der Waals surface area (Å²) in [7, 11) is 3.40. The quantitative estimate of drug-likeness (QED) is 0.605. The van der Waals surface area contributed by atoms with Crippen LogP contribution in [0.4, 0.5) is 24.7 Å². The number of halogens is 3. The molecule has 1 aliphatic rings. The van der Waals surface area contributed by atoms with E-state index in [0.29, 0.717) is 11.7 Å². The van der Waals surface area contributed by atoms with Gasteiger partial charge in [-0.25, -0.2) is 4.98 Å². The minimum Gasteiger partial charge on any atom is -0.371 e. The predicted octanol–water partition coefficient (Wildman–Crippen LogP) is 4.27. The van der Waals surface area contributed by atoms with Gasteiger partial charge in [-0.2, -0.15) is 13.2 Å². The molecule has 0 saturated heterocycles. The van der Waals surface area contributed by atoms with Gasteiger partial charge in [0.05, 0.1) is 11.3 Å². The largest absolute Gasteiger partial charge is 0.417 e. The molecular weight excluding hydrogens is 305 g/mol. The lowest BCUT2D eigenvalue weighted by atomic mass is 10.2. The van der Waals surface area contributed by atoms with Gasteiger partial charge in [0.25, 0.3) is 0 Å². The van der Waals surface area contributed by atoms with Crippen molar-refractivity contribution in [3.05, 3.63) is 41.8 Å². The number of alkyl halides is 3. The summed E-state index contributed by atoms with van der Waals surface area (Å²) in [6.45, 7) is 5.76. The number of hydrazine groups is 1. The highest BCUT2D eigenvalue weighted by molar-refractivity contribution is 5.64. The summed E-state index contributed by atoms with van der Waals surface area (Å²) in [4.78, 5) is 3.84. The van der Waals surface area contributed by atoms with E-state index in [2.05, 4.69) is 22.3 Å². The van der Waals surface area contributed by atoms with E-state index >= 15 is 0 Å². The molecular formula is C16H21F3N4. The van der Waals surface area contributed by atoms with Crippen LogP contribution in [0.1, 0.15) is 25.3 Å². The Morgan fingerprint density at radius 3 is 2.57 bits per heavy atom. The summed E-state index contributed by atoms with van der Waals surface area (Å²) in [5.41, 5.74) is 4.40. The number of aromatic nitrogens is 1. The molecule has 0 aliphatic heterocycles. The van der Waals surface area contributed by atoms with Crippen LogP contribution in [0.3, 0.4) is 0 Å². The van der Waals surface area contributed by atoms with E-state index in [-0.39, 0.29) is 5.69 Å². The summed E-state index contributed by atoms with van der Waals surface area (Å²) in [5.74, 6) is 0.774. The Kier molecular flexibility index (Phi) is 4.87. The molecule has 126 valence electrons. The molecule has 1 saturated carbocycles. The zero-order valence-corrected chi connectivity index (χ0v) is 13.5. The molecule has 0 spiro atoms. The number of anilines is 2. The molecule has 7 heteroatoms. The second kappa shape index (κ2) is 6.52. The molecule has 1 aliphatic carbocycles. The highest BCUT2D eigenvalue weighted by atomic mass is 19.4. The second-order valence-corrected chi connectivity index (χ2v) is 5.73. The van der Waals surface area contributed by atoms with Crippen LogP contribution in [0, 0.1) is 5.92 Å². The highest BCUT2D eigenvalue weighted by Crippen LogP contribution is 2.39. The van der Waals surface area contributed by atoms with Crippen LogP contribution in [-0.2, 0) is 6.18 Å². The first-order valence-corrected chi connectivity index (χ1v) is 7.35. The van der Waals surface area contributed by atoms with Crippen LogP contribution in [0.25, 0.3) is 0 Å². The van der Waals surface area contributed by atoms with Crippen LogP contribution in [0.15, 0.2) is 36.2 Å². The normalized spacial score (nSPS) is 15.3. The van der Waals surface area contributed by atoms with Gasteiger partial charge in [0.15, 0.2) is 5.82 Å². The van der Waals surface area contributed by atoms with Gasteiger partial charge in [0, 0.05) is 31.9 Å². The van der Waals surface area contributed by atoms with Gasteiger partial charge in [-0.3, -0.25) is 10.4 Å². The third-order valence-electron chi connectivity index (χ3n) is 3.52. The Balaban J connectivity index is 2.28. The molecule has 1 heterocycles. The summed E-state index contributed by atoms with van der Waals surface area (Å²) in [6, 6.07) is 1.06. The van der Waals surface area contributed by atoms with E-state index in [1.807, 2.05) is 13.0 Å². The van der Waals surface area contributed by atoms with E-state index in [4.69, 9.17) is 0 Å². The molecule has 0 amide bonds. The fraction of sp³-hybridized carbons (Fsp3) is 0.438. The van der Waals surface area contributed by atoms with Gasteiger partial charge in [0.1, 0.15) is 0 Å². The van der Waals surface area contributed by atoms with Gasteiger partial charge >= 0.3 is 6.18 Å². The van der Waals surface area contributed by atoms with Gasteiger partial charge in [-0.1, -0.05) is 12.2 Å². The summed E-state index contributed by atoms with van der Waals surface area (Å²) in [5, 5.41) is 4.54. The Hall–Kier alpha value is -2.18. The summed E-state index contributed by atoms with van der Waals surface area (Å²) < 4.78 is 38.7. The average molecular weight is 326 g/mol. The van der Waals surface area contributed by atoms with Crippen molar-refractivity contribution >= 4 is 11.5 Å². The molecule has 1 fully saturated rings. The molecule has 0 atom stereocenters. The van der Waals surface area contributed by atoms with E-state index < -0.39 is 11.7 Å². The maximum Gasteiger partial charge on any atom is 0.417 e. The Bertz CT molecular complexity index is 618. The number of pyridine rings is 1. The van der Waals surface area contributed by atoms with Crippen molar-refractivity contribution in [1.82, 2.24) is 9.99 Å². The lowest BCUT2D eigenvalue weighted by Crippen LogP contribution is -2.27. The Morgan fingerprint density at radius 2 is 2.09 bits per heavy atom. The number of nitrogens with one attached hydrogen (secondary N) is 2. The average Bonchev–Trinajstić information content (AvgIpc) is 3.27. The van der Waals surface area contributed by atoms with Gasteiger partial charge in [-0.15, -0.1) is 0 Å². The first-order chi connectivity index (χ1) is 10.7. The number of nitrogens with zero attached hydrogens (tertiary/aromatic N) is 2. The molecule has 23 heavy (non-hydrogen) atoms. The summed E-state index contributed by atoms with van der Waals surface area (Å²) >= 11 is 0. The van der Waals surface area contributed by atoms with Gasteiger partial charge in [-0.05, 0) is 31.9 Å². The molecule has 2 rings (SSSR count). The third kappa shape index (κ3) is 4.40. The molecule has 0 aromatic carbocycles. The number of hydrogen-bond acceptors (Lipinski definition) is 4. The number of rotatable bonds is 6. The first-order valence-electron chi connectivity index (χ1n) is 7.35. The standard InChI is InChI=1S/C16H21F3N4/c1-10(2)7-14(11-5-6-11)23(4)22-13-8-12(16(17,18)19)9-21-15(13)20-3/h7-9,11,22H,1,5-6H2,2-4H3,(H,20,21)/b14-7-. The maximum atomic E-state index is 12.9. The fourth-order valence-electron chi connectivity index (χ4n) is 2.27. The molecule has 1 aromatic rings. The van der Waals surface area contributed by atoms with Crippen molar-refractivity contribution in [2.45, 2.75) is 25.9 Å². The van der Waals surface area contributed by atoms with Crippen molar-refractivity contribution in [1.29, 1.82) is 0 Å². The van der Waals surface area contributed by atoms with Crippen molar-refractivity contribution in [2.24, 2.45) is 5.92 Å². The minimum absolute atomic E-state index is 0.276. The monoisotopic (exact) mass is 326 g/mol. The van der Waals surface area contributed by atoms with E-state index in [0.717, 1.165) is 36.4 Å². The van der Waals surface area contributed by atoms with E-state index in [1.54, 1.807) is 19.1 Å². The molecule has 2 N–H and O–H groups in total. The van der Waals surface area contributed by atoms with E-state index in [1.165, 1.54) is 0 Å². The maximum absolute atomic E-state index is 12.9. The van der Waals surface area contributed by atoms with Crippen molar-refractivity contribution < 1.29 is 13.2 Å². The third-order valence-corrected chi connectivity index (χ3v) is 3.52. The molecule has 0 unspecified atom stereocenters. The zero-order valence-electron chi connectivity index (χ0n) is 13.5. The lowest BCUT2D eigenvalue weighted by Gasteiger charge is -2.26. The molecule has 0 bridgehead atoms. The SMILES string of the molecule is C=C(C)/C=C(/C1CC1)N(C)Nc1cc(C(F)(F)F)cnc1NC. The number of hydrogen-bond donors (Lipinski definition) is 2. The predicted molar refractivity (Wildman–Crippen MR) is 85.8 cm³/mol. The van der Waals surface area contributed by atoms with Crippen LogP contribution in [0.5, 0.6) is 0 Å². The number of allylic oxidation sites excluding steroid dienone is 3. The smallest absolute Gasteiger partial charge is 0.371 e. The van der Waals surface area contributed by atoms with Gasteiger partial charge in [0.2, 0.25) is 0 Å². The molecule has 1 aromatic heterocycles. The van der Waals surface area contributed by atoms with Crippen LogP contribution in [-0.4, -0.2) is 24.1 Å². The van der Waals surface area contributed by atoms with E-state index in [9.17, 15) is 13.2 Å². The van der Waals surface area contributed by atoms with Crippen LogP contribution < -0.4 is 10.7 Å². The van der Waals surface area contributed by atoms with Crippen molar-refractivity contribution in [3.63, 3.8) is 0 Å². The van der Waals surface area contributed by atoms with Crippen LogP contribution >= 0.6 is 0 Å². The lowest BCUT2D eigenvalue weighted by molar-refractivity contribution is -0.137. The molecule has 0 radical (unpaired) electrons. The fourth-order valence-corrected chi connectivity index (χ4v) is 2.27. The second-order valence-electron chi connectivity index (χ2n) is 5.73. The summed E-state index contributed by atoms with van der Waals surface area (Å²) in [6.07, 6.45) is 0.490. The van der Waals surface area contributed by atoms with Crippen LogP contribution in [0.2, 0.25) is 0 Å². The highest BCUT2D eigenvalue weighted by Gasteiger charge is 2.32. The molecule has 4 nitrogen and oxygen atoms in total. The Labute approximate surface area is 134 Å². The van der Waals surface area contributed by atoms with Gasteiger partial charge < -0.3 is 5.32 Å². The topological polar surface area (TPSA) is 40.2 Å². The van der Waals surface area contributed by atoms with Crippen molar-refractivity contribution in [2.75, 3.05) is 24.8 Å². The minimum atomic E-state index is -4.43.